The Balaban J connectivity index is 2.20. The third-order valence-electron chi connectivity index (χ3n) is 4.25. The highest BCUT2D eigenvalue weighted by Gasteiger charge is 2.13. The van der Waals surface area contributed by atoms with Crippen LogP contribution >= 0.6 is 12.2 Å². The Morgan fingerprint density at radius 3 is 2.62 bits per heavy atom. The Hall–Kier alpha value is -2.68. The molecule has 0 radical (unpaired) electrons. The van der Waals surface area contributed by atoms with E-state index in [1.807, 2.05) is 46.8 Å². The van der Waals surface area contributed by atoms with Crippen molar-refractivity contribution in [3.05, 3.63) is 34.4 Å². The number of nitrogens with zero attached hydrogens (tertiary/aromatic N) is 4. The summed E-state index contributed by atoms with van der Waals surface area (Å²) in [6.07, 6.45) is 1.69. The normalized spacial score (nSPS) is 11.2. The summed E-state index contributed by atoms with van der Waals surface area (Å²) < 4.78 is 13.4. The Kier molecular flexibility index (Phi) is 8.38. The maximum atomic E-state index is 12.2. The van der Waals surface area contributed by atoms with Gasteiger partial charge in [0.15, 0.2) is 23.9 Å². The average Bonchev–Trinajstić information content (AvgIpc) is 3.07. The molecular formula is C20H29N5O3S. The van der Waals surface area contributed by atoms with Crippen LogP contribution in [0.15, 0.2) is 23.3 Å². The van der Waals surface area contributed by atoms with Crippen molar-refractivity contribution in [3.63, 3.8) is 0 Å². The summed E-state index contributed by atoms with van der Waals surface area (Å²) >= 11 is 5.25. The first-order chi connectivity index (χ1) is 13.9. The summed E-state index contributed by atoms with van der Waals surface area (Å²) in [6, 6.07) is 5.45. The highest BCUT2D eigenvalue weighted by Crippen LogP contribution is 2.28. The molecule has 0 aliphatic heterocycles. The fraction of sp³-hybridized carbons (Fsp3) is 0.500. The number of rotatable bonds is 10. The molecule has 0 saturated heterocycles. The molecule has 2 rings (SSSR count). The van der Waals surface area contributed by atoms with Gasteiger partial charge in [0.1, 0.15) is 0 Å². The highest BCUT2D eigenvalue weighted by molar-refractivity contribution is 7.71. The number of benzene rings is 1. The fourth-order valence-corrected chi connectivity index (χ4v) is 2.90. The van der Waals surface area contributed by atoms with Gasteiger partial charge in [-0.1, -0.05) is 13.8 Å². The lowest BCUT2D eigenvalue weighted by atomic mass is 10.2. The van der Waals surface area contributed by atoms with Crippen molar-refractivity contribution in [2.45, 2.75) is 40.5 Å². The molecule has 0 aliphatic rings. The number of ether oxygens (including phenoxy) is 2. The second-order valence-corrected chi connectivity index (χ2v) is 6.98. The van der Waals surface area contributed by atoms with E-state index < -0.39 is 0 Å². The monoisotopic (exact) mass is 419 g/mol. The maximum absolute atomic E-state index is 12.2. The molecule has 158 valence electrons. The van der Waals surface area contributed by atoms with E-state index >= 15 is 0 Å². The molecule has 0 aliphatic carbocycles. The zero-order valence-corrected chi connectivity index (χ0v) is 18.5. The Morgan fingerprint density at radius 1 is 1.28 bits per heavy atom. The van der Waals surface area contributed by atoms with Gasteiger partial charge in [-0.25, -0.2) is 0 Å². The van der Waals surface area contributed by atoms with Gasteiger partial charge in [-0.05, 0) is 56.8 Å². The van der Waals surface area contributed by atoms with Crippen molar-refractivity contribution in [3.8, 4) is 11.5 Å². The topological polar surface area (TPSA) is 84.7 Å². The van der Waals surface area contributed by atoms with Gasteiger partial charge >= 0.3 is 0 Å². The van der Waals surface area contributed by atoms with Crippen molar-refractivity contribution in [1.82, 2.24) is 19.8 Å². The van der Waals surface area contributed by atoms with E-state index in [-0.39, 0.29) is 18.4 Å². The molecule has 9 heteroatoms. The summed E-state index contributed by atoms with van der Waals surface area (Å²) in [4.78, 5) is 13.9. The molecule has 1 N–H and O–H groups in total. The van der Waals surface area contributed by atoms with Crippen LogP contribution in [0.2, 0.25) is 0 Å². The van der Waals surface area contributed by atoms with Crippen LogP contribution < -0.4 is 9.47 Å². The third kappa shape index (κ3) is 5.90. The lowest BCUT2D eigenvalue weighted by Gasteiger charge is -2.19. The molecule has 0 saturated carbocycles. The minimum Gasteiger partial charge on any atom is -0.490 e. The van der Waals surface area contributed by atoms with Crippen LogP contribution in [-0.2, 0) is 4.79 Å². The van der Waals surface area contributed by atoms with Crippen LogP contribution in [0.4, 0.5) is 0 Å². The first-order valence-electron chi connectivity index (χ1n) is 9.80. The number of nitrogens with one attached hydrogen (secondary N) is 1. The summed E-state index contributed by atoms with van der Waals surface area (Å²) in [5.41, 5.74) is 0.814. The van der Waals surface area contributed by atoms with Crippen molar-refractivity contribution < 1.29 is 14.3 Å². The molecule has 0 fully saturated rings. The van der Waals surface area contributed by atoms with Gasteiger partial charge in [-0.3, -0.25) is 9.89 Å². The van der Waals surface area contributed by atoms with E-state index in [0.29, 0.717) is 36.0 Å². The average molecular weight is 420 g/mol. The number of H-pyrrole nitrogens is 1. The molecule has 1 aromatic carbocycles. The predicted molar refractivity (Wildman–Crippen MR) is 116 cm³/mol. The number of hydrogen-bond acceptors (Lipinski definition) is 6. The minimum atomic E-state index is -0.0568. The van der Waals surface area contributed by atoms with E-state index in [9.17, 15) is 4.79 Å². The number of aromatic amines is 1. The van der Waals surface area contributed by atoms with Crippen LogP contribution in [0.3, 0.4) is 0 Å². The highest BCUT2D eigenvalue weighted by atomic mass is 32.1. The van der Waals surface area contributed by atoms with Crippen molar-refractivity contribution >= 4 is 24.3 Å². The van der Waals surface area contributed by atoms with Crippen molar-refractivity contribution in [2.75, 3.05) is 26.3 Å². The number of hydrogen-bond donors (Lipinski definition) is 1. The zero-order valence-electron chi connectivity index (χ0n) is 17.6. The Bertz CT molecular complexity index is 900. The second kappa shape index (κ2) is 10.8. The standard InChI is InChI=1S/C20H29N5O3S/c1-6-24(7-2)18(26)13-28-16-10-9-15(11-17(16)27-8-3)12-21-25-19(14(4)5)22-23-20(25)29/h9-12,14H,6-8,13H2,1-5H3,(H,23,29)/b21-12-. The first kappa shape index (κ1) is 22.6. The van der Waals surface area contributed by atoms with Crippen LogP contribution in [0.1, 0.15) is 51.9 Å². The number of amides is 1. The molecule has 8 nitrogen and oxygen atoms in total. The van der Waals surface area contributed by atoms with Crippen LogP contribution in [0.25, 0.3) is 0 Å². The third-order valence-corrected chi connectivity index (χ3v) is 4.51. The zero-order chi connectivity index (χ0) is 21.4. The molecule has 1 heterocycles. The van der Waals surface area contributed by atoms with Crippen LogP contribution in [-0.4, -0.2) is 58.2 Å². The van der Waals surface area contributed by atoms with E-state index in [1.54, 1.807) is 21.9 Å². The minimum absolute atomic E-state index is 0.0306. The number of likely N-dealkylation sites (N-methyl/N-ethyl adjacent to an activating group) is 1. The van der Waals surface area contributed by atoms with Gasteiger partial charge in [0.05, 0.1) is 12.8 Å². The first-order valence-corrected chi connectivity index (χ1v) is 10.2. The molecule has 0 atom stereocenters. The van der Waals surface area contributed by atoms with E-state index in [0.717, 1.165) is 11.4 Å². The lowest BCUT2D eigenvalue weighted by molar-refractivity contribution is -0.132. The molecule has 0 unspecified atom stereocenters. The van der Waals surface area contributed by atoms with Gasteiger partial charge in [-0.15, -0.1) is 0 Å². The molecule has 29 heavy (non-hydrogen) atoms. The molecular weight excluding hydrogens is 390 g/mol. The second-order valence-electron chi connectivity index (χ2n) is 6.59. The Morgan fingerprint density at radius 2 is 2.00 bits per heavy atom. The quantitative estimate of drug-likeness (QED) is 0.470. The van der Waals surface area contributed by atoms with Gasteiger partial charge < -0.3 is 14.4 Å². The smallest absolute Gasteiger partial charge is 0.260 e. The predicted octanol–water partition coefficient (Wildman–Crippen LogP) is 3.59. The largest absolute Gasteiger partial charge is 0.490 e. The number of aromatic nitrogens is 3. The van der Waals surface area contributed by atoms with Gasteiger partial charge in [0.25, 0.3) is 5.91 Å². The summed E-state index contributed by atoms with van der Waals surface area (Å²) in [7, 11) is 0. The van der Waals surface area contributed by atoms with Crippen molar-refractivity contribution in [2.24, 2.45) is 5.10 Å². The number of carbonyl (C=O) groups is 1. The SMILES string of the molecule is CCOc1cc(/C=N\n2c(C(C)C)n[nH]c2=S)ccc1OCC(=O)N(CC)CC. The van der Waals surface area contributed by atoms with Crippen LogP contribution in [0, 0.1) is 4.77 Å². The fourth-order valence-electron chi connectivity index (χ4n) is 2.71. The van der Waals surface area contributed by atoms with E-state index in [2.05, 4.69) is 15.3 Å². The van der Waals surface area contributed by atoms with E-state index in [4.69, 9.17) is 21.7 Å². The summed E-state index contributed by atoms with van der Waals surface area (Å²) in [6.45, 7) is 11.6. The Labute approximate surface area is 176 Å². The van der Waals surface area contributed by atoms with E-state index in [1.165, 1.54) is 0 Å². The molecule has 0 bridgehead atoms. The summed E-state index contributed by atoms with van der Waals surface area (Å²) in [5, 5.41) is 11.4. The number of carbonyl (C=O) groups excluding carboxylic acids is 1. The summed E-state index contributed by atoms with van der Waals surface area (Å²) in [5.74, 6) is 1.96. The molecule has 2 aromatic rings. The van der Waals surface area contributed by atoms with Gasteiger partial charge in [-0.2, -0.15) is 14.9 Å². The van der Waals surface area contributed by atoms with Gasteiger partial charge in [0, 0.05) is 19.0 Å². The maximum Gasteiger partial charge on any atom is 0.260 e. The molecule has 0 spiro atoms. The van der Waals surface area contributed by atoms with Crippen molar-refractivity contribution in [1.29, 1.82) is 0 Å². The van der Waals surface area contributed by atoms with Gasteiger partial charge in [0.2, 0.25) is 4.77 Å². The molecule has 1 amide bonds. The molecule has 1 aromatic heterocycles. The lowest BCUT2D eigenvalue weighted by Crippen LogP contribution is -2.34. The van der Waals surface area contributed by atoms with Crippen LogP contribution in [0.5, 0.6) is 11.5 Å².